The number of nitrogens with zero attached hydrogens (tertiary/aromatic N) is 3. The first-order valence-electron chi connectivity index (χ1n) is 7.26. The first-order chi connectivity index (χ1) is 12.5. The van der Waals surface area contributed by atoms with Gasteiger partial charge in [-0.05, 0) is 18.2 Å². The summed E-state index contributed by atoms with van der Waals surface area (Å²) in [6.45, 7) is 0. The molecule has 3 aromatic rings. The molecule has 0 bridgehead atoms. The summed E-state index contributed by atoms with van der Waals surface area (Å²) in [5.74, 6) is 0.569. The Hall–Kier alpha value is -3.53. The molecular formula is C16H12N4O5S. The predicted octanol–water partition coefficient (Wildman–Crippen LogP) is 2.98. The Morgan fingerprint density at radius 2 is 1.88 bits per heavy atom. The Bertz CT molecular complexity index is 1040. The summed E-state index contributed by atoms with van der Waals surface area (Å²) in [6, 6.07) is 11.2. The lowest BCUT2D eigenvalue weighted by atomic mass is 10.3. The molecule has 1 N–H and O–H groups in total. The molecule has 0 aliphatic heterocycles. The number of nitrogens with one attached hydrogen (secondary N) is 1. The summed E-state index contributed by atoms with van der Waals surface area (Å²) >= 11 is 0. The van der Waals surface area contributed by atoms with E-state index in [1.165, 1.54) is 48.9 Å². The minimum absolute atomic E-state index is 0.185. The van der Waals surface area contributed by atoms with E-state index in [0.717, 1.165) is 6.07 Å². The summed E-state index contributed by atoms with van der Waals surface area (Å²) in [5.41, 5.74) is -0.323. The van der Waals surface area contributed by atoms with Crippen LogP contribution < -0.4 is 9.46 Å². The molecule has 0 unspecified atom stereocenters. The first-order valence-corrected chi connectivity index (χ1v) is 8.74. The SMILES string of the molecule is O=[N+]([O-])c1ccccc1S(=O)(=O)Nc1cccc(Oc2cnccn2)c1. The second kappa shape index (κ2) is 7.15. The van der Waals surface area contributed by atoms with Crippen molar-refractivity contribution in [2.75, 3.05) is 4.72 Å². The Balaban J connectivity index is 1.87. The van der Waals surface area contributed by atoms with E-state index in [4.69, 9.17) is 4.74 Å². The molecule has 26 heavy (non-hydrogen) atoms. The van der Waals surface area contributed by atoms with E-state index in [9.17, 15) is 18.5 Å². The van der Waals surface area contributed by atoms with E-state index in [0.29, 0.717) is 5.75 Å². The van der Waals surface area contributed by atoms with Gasteiger partial charge >= 0.3 is 0 Å². The largest absolute Gasteiger partial charge is 0.437 e. The van der Waals surface area contributed by atoms with Gasteiger partial charge in [-0.3, -0.25) is 19.8 Å². The van der Waals surface area contributed by atoms with Gasteiger partial charge in [0.1, 0.15) is 5.75 Å². The number of para-hydroxylation sites is 1. The Labute approximate surface area is 148 Å². The normalized spacial score (nSPS) is 10.9. The van der Waals surface area contributed by atoms with E-state index in [1.54, 1.807) is 12.1 Å². The molecular weight excluding hydrogens is 360 g/mol. The van der Waals surface area contributed by atoms with Gasteiger partial charge < -0.3 is 4.74 Å². The Kier molecular flexibility index (Phi) is 4.76. The highest BCUT2D eigenvalue weighted by Crippen LogP contribution is 2.27. The van der Waals surface area contributed by atoms with Gasteiger partial charge in [0.05, 0.1) is 16.8 Å². The van der Waals surface area contributed by atoms with E-state index in [2.05, 4.69) is 14.7 Å². The maximum absolute atomic E-state index is 12.5. The van der Waals surface area contributed by atoms with E-state index >= 15 is 0 Å². The van der Waals surface area contributed by atoms with Crippen LogP contribution in [0.2, 0.25) is 0 Å². The molecule has 132 valence electrons. The van der Waals surface area contributed by atoms with Crippen LogP contribution in [0.15, 0.2) is 72.0 Å². The maximum atomic E-state index is 12.5. The number of sulfonamides is 1. The lowest BCUT2D eigenvalue weighted by Gasteiger charge is -2.10. The molecule has 0 spiro atoms. The van der Waals surface area contributed by atoms with Crippen molar-refractivity contribution in [3.63, 3.8) is 0 Å². The average Bonchev–Trinajstić information content (AvgIpc) is 2.62. The van der Waals surface area contributed by atoms with Crippen molar-refractivity contribution < 1.29 is 18.1 Å². The zero-order chi connectivity index (χ0) is 18.6. The molecule has 0 fully saturated rings. The van der Waals surface area contributed by atoms with Crippen LogP contribution in [0.1, 0.15) is 0 Å². The monoisotopic (exact) mass is 372 g/mol. The predicted molar refractivity (Wildman–Crippen MR) is 92.5 cm³/mol. The molecule has 0 saturated carbocycles. The van der Waals surface area contributed by atoms with Crippen LogP contribution in [0.4, 0.5) is 11.4 Å². The first kappa shape index (κ1) is 17.3. The summed E-state index contributed by atoms with van der Waals surface area (Å²) in [4.78, 5) is 17.7. The van der Waals surface area contributed by atoms with Gasteiger partial charge in [0.15, 0.2) is 4.90 Å². The smallest absolute Gasteiger partial charge is 0.289 e. The molecule has 0 atom stereocenters. The van der Waals surface area contributed by atoms with E-state index < -0.39 is 25.5 Å². The van der Waals surface area contributed by atoms with Crippen molar-refractivity contribution in [1.82, 2.24) is 9.97 Å². The quantitative estimate of drug-likeness (QED) is 0.521. The van der Waals surface area contributed by atoms with Crippen molar-refractivity contribution in [3.05, 3.63) is 77.2 Å². The van der Waals surface area contributed by atoms with Crippen molar-refractivity contribution in [2.45, 2.75) is 4.90 Å². The third kappa shape index (κ3) is 3.92. The van der Waals surface area contributed by atoms with Crippen LogP contribution in [0, 0.1) is 10.1 Å². The summed E-state index contributed by atoms with van der Waals surface area (Å²) in [7, 11) is -4.15. The zero-order valence-corrected chi connectivity index (χ0v) is 14.0. The molecule has 3 rings (SSSR count). The summed E-state index contributed by atoms with van der Waals surface area (Å²) in [5, 5.41) is 11.1. The zero-order valence-electron chi connectivity index (χ0n) is 13.1. The number of hydrogen-bond donors (Lipinski definition) is 1. The van der Waals surface area contributed by atoms with Crippen molar-refractivity contribution >= 4 is 21.4 Å². The standard InChI is InChI=1S/C16H12N4O5S/c21-20(22)14-6-1-2-7-15(14)26(23,24)19-12-4-3-5-13(10-12)25-16-11-17-8-9-18-16/h1-11,19H. The van der Waals surface area contributed by atoms with Crippen molar-refractivity contribution in [1.29, 1.82) is 0 Å². The number of aromatic nitrogens is 2. The number of rotatable bonds is 6. The highest BCUT2D eigenvalue weighted by molar-refractivity contribution is 7.92. The van der Waals surface area contributed by atoms with Crippen molar-refractivity contribution in [2.24, 2.45) is 0 Å². The fourth-order valence-electron chi connectivity index (χ4n) is 2.13. The molecule has 10 heteroatoms. The van der Waals surface area contributed by atoms with Gasteiger partial charge in [0.2, 0.25) is 5.88 Å². The number of nitro benzene ring substituents is 1. The van der Waals surface area contributed by atoms with Crippen LogP contribution in [0.5, 0.6) is 11.6 Å². The van der Waals surface area contributed by atoms with Gasteiger partial charge in [0, 0.05) is 24.5 Å². The van der Waals surface area contributed by atoms with Crippen LogP contribution in [0.25, 0.3) is 0 Å². The number of hydrogen-bond acceptors (Lipinski definition) is 7. The molecule has 2 aromatic carbocycles. The molecule has 0 amide bonds. The maximum Gasteiger partial charge on any atom is 0.289 e. The van der Waals surface area contributed by atoms with Gasteiger partial charge in [-0.15, -0.1) is 0 Å². The minimum Gasteiger partial charge on any atom is -0.437 e. The van der Waals surface area contributed by atoms with Gasteiger partial charge in [-0.25, -0.2) is 13.4 Å². The molecule has 9 nitrogen and oxygen atoms in total. The third-order valence-electron chi connectivity index (χ3n) is 3.20. The van der Waals surface area contributed by atoms with E-state index in [1.807, 2.05) is 0 Å². The summed E-state index contributed by atoms with van der Waals surface area (Å²) in [6.07, 6.45) is 4.35. The third-order valence-corrected chi connectivity index (χ3v) is 4.63. The van der Waals surface area contributed by atoms with Gasteiger partial charge in [0.25, 0.3) is 15.7 Å². The van der Waals surface area contributed by atoms with E-state index in [-0.39, 0.29) is 11.6 Å². The van der Waals surface area contributed by atoms with Crippen LogP contribution >= 0.6 is 0 Å². The number of anilines is 1. The second-order valence-corrected chi connectivity index (χ2v) is 6.65. The molecule has 1 heterocycles. The molecule has 1 aromatic heterocycles. The fraction of sp³-hybridized carbons (Fsp3) is 0. The minimum atomic E-state index is -4.15. The second-order valence-electron chi connectivity index (χ2n) is 5.00. The molecule has 0 radical (unpaired) electrons. The molecule has 0 aliphatic carbocycles. The van der Waals surface area contributed by atoms with Crippen molar-refractivity contribution in [3.8, 4) is 11.6 Å². The highest BCUT2D eigenvalue weighted by atomic mass is 32.2. The Morgan fingerprint density at radius 1 is 1.08 bits per heavy atom. The van der Waals surface area contributed by atoms with Crippen LogP contribution in [0.3, 0.4) is 0 Å². The molecule has 0 saturated heterocycles. The fourth-order valence-corrected chi connectivity index (χ4v) is 3.35. The lowest BCUT2D eigenvalue weighted by molar-refractivity contribution is -0.387. The Morgan fingerprint density at radius 3 is 2.62 bits per heavy atom. The topological polar surface area (TPSA) is 124 Å². The highest BCUT2D eigenvalue weighted by Gasteiger charge is 2.25. The lowest BCUT2D eigenvalue weighted by Crippen LogP contribution is -2.14. The number of nitro groups is 1. The van der Waals surface area contributed by atoms with Crippen LogP contribution in [-0.4, -0.2) is 23.3 Å². The number of benzene rings is 2. The van der Waals surface area contributed by atoms with Crippen LogP contribution in [-0.2, 0) is 10.0 Å². The average molecular weight is 372 g/mol. The van der Waals surface area contributed by atoms with Gasteiger partial charge in [-0.1, -0.05) is 18.2 Å². The van der Waals surface area contributed by atoms with Gasteiger partial charge in [-0.2, -0.15) is 0 Å². The summed E-state index contributed by atoms with van der Waals surface area (Å²) < 4.78 is 32.8. The number of ether oxygens (including phenoxy) is 1. The molecule has 0 aliphatic rings.